The number of carbonyl (C=O) groups excluding carboxylic acids is 1. The van der Waals surface area contributed by atoms with Crippen LogP contribution in [0, 0.1) is 0 Å². The number of benzene rings is 1. The molecule has 0 heterocycles. The Morgan fingerprint density at radius 1 is 1.16 bits per heavy atom. The minimum Gasteiger partial charge on any atom is -0.497 e. The number of likely N-dealkylation sites (N-methyl/N-ethyl adjacent to an activating group) is 1. The van der Waals surface area contributed by atoms with E-state index in [9.17, 15) is 9.59 Å². The van der Waals surface area contributed by atoms with Crippen molar-refractivity contribution in [2.75, 3.05) is 21.3 Å². The highest BCUT2D eigenvalue weighted by Gasteiger charge is 2.23. The maximum atomic E-state index is 12.2. The fraction of sp³-hybridized carbons (Fsp3) is 0.385. The number of carboxylic acids is 1. The van der Waals surface area contributed by atoms with Crippen LogP contribution in [0.4, 0.5) is 0 Å². The van der Waals surface area contributed by atoms with E-state index in [1.807, 2.05) is 0 Å². The molecule has 0 radical (unpaired) electrons. The van der Waals surface area contributed by atoms with E-state index >= 15 is 0 Å². The zero-order chi connectivity index (χ0) is 14.6. The molecule has 104 valence electrons. The van der Waals surface area contributed by atoms with Gasteiger partial charge in [0.15, 0.2) is 0 Å². The summed E-state index contributed by atoms with van der Waals surface area (Å²) in [5.41, 5.74) is 0.312. The zero-order valence-electron chi connectivity index (χ0n) is 11.3. The molecule has 1 N–H and O–H groups in total. The van der Waals surface area contributed by atoms with Crippen LogP contribution in [0.25, 0.3) is 0 Å². The maximum Gasteiger partial charge on any atom is 0.326 e. The van der Waals surface area contributed by atoms with E-state index in [2.05, 4.69) is 0 Å². The Hall–Kier alpha value is -2.24. The van der Waals surface area contributed by atoms with E-state index in [0.717, 1.165) is 4.90 Å². The van der Waals surface area contributed by atoms with Gasteiger partial charge in [0.1, 0.15) is 17.5 Å². The summed E-state index contributed by atoms with van der Waals surface area (Å²) in [6.45, 7) is 1.44. The summed E-state index contributed by atoms with van der Waals surface area (Å²) < 4.78 is 10.1. The maximum absolute atomic E-state index is 12.2. The highest BCUT2D eigenvalue weighted by atomic mass is 16.5. The predicted molar refractivity (Wildman–Crippen MR) is 68.7 cm³/mol. The average molecular weight is 267 g/mol. The predicted octanol–water partition coefficient (Wildman–Crippen LogP) is 1.25. The van der Waals surface area contributed by atoms with E-state index in [1.165, 1.54) is 40.3 Å². The highest BCUT2D eigenvalue weighted by molar-refractivity contribution is 5.97. The van der Waals surface area contributed by atoms with Crippen molar-refractivity contribution >= 4 is 11.9 Å². The Kier molecular flexibility index (Phi) is 4.74. The molecule has 1 aromatic carbocycles. The molecule has 19 heavy (non-hydrogen) atoms. The number of carbonyl (C=O) groups is 2. The molecule has 6 nitrogen and oxygen atoms in total. The van der Waals surface area contributed by atoms with Crippen LogP contribution in [-0.4, -0.2) is 49.2 Å². The number of carboxylic acid groups (broad SMARTS) is 1. The summed E-state index contributed by atoms with van der Waals surface area (Å²) in [6.07, 6.45) is 0. The van der Waals surface area contributed by atoms with Crippen molar-refractivity contribution in [2.24, 2.45) is 0 Å². The van der Waals surface area contributed by atoms with Crippen LogP contribution < -0.4 is 9.47 Å². The Balaban J connectivity index is 3.08. The molecule has 0 aliphatic rings. The van der Waals surface area contributed by atoms with Gasteiger partial charge < -0.3 is 19.5 Å². The second-order valence-electron chi connectivity index (χ2n) is 4.03. The van der Waals surface area contributed by atoms with Gasteiger partial charge in [-0.1, -0.05) is 0 Å². The van der Waals surface area contributed by atoms with Crippen LogP contribution in [-0.2, 0) is 4.79 Å². The molecule has 0 aromatic heterocycles. The first-order chi connectivity index (χ1) is 8.90. The van der Waals surface area contributed by atoms with Crippen molar-refractivity contribution < 1.29 is 24.2 Å². The van der Waals surface area contributed by atoms with E-state index in [1.54, 1.807) is 6.07 Å². The van der Waals surface area contributed by atoms with Crippen LogP contribution in [0.1, 0.15) is 17.3 Å². The fourth-order valence-electron chi connectivity index (χ4n) is 1.48. The smallest absolute Gasteiger partial charge is 0.326 e. The molecule has 0 aliphatic carbocycles. The third kappa shape index (κ3) is 3.37. The molecule has 6 heteroatoms. The lowest BCUT2D eigenvalue weighted by molar-refractivity contribution is -0.141. The van der Waals surface area contributed by atoms with Gasteiger partial charge in [-0.15, -0.1) is 0 Å². The third-order valence-corrected chi connectivity index (χ3v) is 2.86. The lowest BCUT2D eigenvalue weighted by Crippen LogP contribution is -2.40. The first kappa shape index (κ1) is 14.8. The highest BCUT2D eigenvalue weighted by Crippen LogP contribution is 2.23. The number of methoxy groups -OCH3 is 2. The largest absolute Gasteiger partial charge is 0.497 e. The number of rotatable bonds is 5. The summed E-state index contributed by atoms with van der Waals surface area (Å²) in [5.74, 6) is -0.532. The summed E-state index contributed by atoms with van der Waals surface area (Å²) in [5, 5.41) is 8.91. The van der Waals surface area contributed by atoms with Gasteiger partial charge in [-0.2, -0.15) is 0 Å². The number of amides is 1. The molecule has 0 spiro atoms. The van der Waals surface area contributed by atoms with Crippen molar-refractivity contribution in [3.05, 3.63) is 23.8 Å². The Morgan fingerprint density at radius 2 is 1.63 bits per heavy atom. The van der Waals surface area contributed by atoms with E-state index in [4.69, 9.17) is 14.6 Å². The minimum absolute atomic E-state index is 0.312. The standard InChI is InChI=1S/C13H17NO5/c1-8(13(16)17)14(2)12(15)9-5-10(18-3)7-11(6-9)19-4/h5-8H,1-4H3,(H,16,17). The van der Waals surface area contributed by atoms with Gasteiger partial charge in [-0.3, -0.25) is 4.79 Å². The van der Waals surface area contributed by atoms with Crippen molar-refractivity contribution in [1.29, 1.82) is 0 Å². The van der Waals surface area contributed by atoms with Crippen LogP contribution in [0.2, 0.25) is 0 Å². The van der Waals surface area contributed by atoms with Gasteiger partial charge in [0, 0.05) is 18.7 Å². The van der Waals surface area contributed by atoms with Crippen molar-refractivity contribution in [3.8, 4) is 11.5 Å². The third-order valence-electron chi connectivity index (χ3n) is 2.86. The SMILES string of the molecule is COc1cc(OC)cc(C(=O)N(C)C(C)C(=O)O)c1. The van der Waals surface area contributed by atoms with E-state index in [-0.39, 0.29) is 0 Å². The molecule has 0 bridgehead atoms. The van der Waals surface area contributed by atoms with Crippen LogP contribution >= 0.6 is 0 Å². The molecular formula is C13H17NO5. The van der Waals surface area contributed by atoms with Gasteiger partial charge in [-0.25, -0.2) is 4.79 Å². The molecule has 1 aromatic rings. The first-order valence-corrected chi connectivity index (χ1v) is 5.63. The molecule has 1 amide bonds. The van der Waals surface area contributed by atoms with Crippen molar-refractivity contribution in [1.82, 2.24) is 4.90 Å². The van der Waals surface area contributed by atoms with E-state index in [0.29, 0.717) is 17.1 Å². The molecule has 1 unspecified atom stereocenters. The number of hydrogen-bond donors (Lipinski definition) is 1. The lowest BCUT2D eigenvalue weighted by Gasteiger charge is -2.22. The average Bonchev–Trinajstić information content (AvgIpc) is 2.43. The Labute approximate surface area is 111 Å². The number of nitrogens with zero attached hydrogens (tertiary/aromatic N) is 1. The van der Waals surface area contributed by atoms with Crippen LogP contribution in [0.5, 0.6) is 11.5 Å². The molecule has 0 saturated heterocycles. The topological polar surface area (TPSA) is 76.1 Å². The minimum atomic E-state index is -1.06. The molecule has 0 aliphatic heterocycles. The van der Waals surface area contributed by atoms with E-state index < -0.39 is 17.9 Å². The zero-order valence-corrected chi connectivity index (χ0v) is 11.3. The number of aliphatic carboxylic acids is 1. The number of ether oxygens (including phenoxy) is 2. The first-order valence-electron chi connectivity index (χ1n) is 5.63. The van der Waals surface area contributed by atoms with Gasteiger partial charge >= 0.3 is 5.97 Å². The van der Waals surface area contributed by atoms with Gasteiger partial charge in [0.05, 0.1) is 14.2 Å². The van der Waals surface area contributed by atoms with Gasteiger partial charge in [0.25, 0.3) is 5.91 Å². The fourth-order valence-corrected chi connectivity index (χ4v) is 1.48. The molecule has 1 atom stereocenters. The number of hydrogen-bond acceptors (Lipinski definition) is 4. The lowest BCUT2D eigenvalue weighted by atomic mass is 10.1. The summed E-state index contributed by atoms with van der Waals surface area (Å²) >= 11 is 0. The van der Waals surface area contributed by atoms with Crippen LogP contribution in [0.3, 0.4) is 0 Å². The summed E-state index contributed by atoms with van der Waals surface area (Å²) in [7, 11) is 4.40. The molecule has 0 fully saturated rings. The normalized spacial score (nSPS) is 11.6. The van der Waals surface area contributed by atoms with Crippen molar-refractivity contribution in [2.45, 2.75) is 13.0 Å². The second kappa shape index (κ2) is 6.08. The van der Waals surface area contributed by atoms with Gasteiger partial charge in [-0.05, 0) is 19.1 Å². The summed E-state index contributed by atoms with van der Waals surface area (Å²) in [6, 6.07) is 3.80. The molecule has 0 saturated carbocycles. The second-order valence-corrected chi connectivity index (χ2v) is 4.03. The Morgan fingerprint density at radius 3 is 2.00 bits per heavy atom. The quantitative estimate of drug-likeness (QED) is 0.868. The molecular weight excluding hydrogens is 250 g/mol. The summed E-state index contributed by atoms with van der Waals surface area (Å²) in [4.78, 5) is 24.2. The Bertz CT molecular complexity index is 464. The molecule has 1 rings (SSSR count). The monoisotopic (exact) mass is 267 g/mol. The van der Waals surface area contributed by atoms with Crippen molar-refractivity contribution in [3.63, 3.8) is 0 Å². The van der Waals surface area contributed by atoms with Crippen LogP contribution in [0.15, 0.2) is 18.2 Å². The van der Waals surface area contributed by atoms with Gasteiger partial charge in [0.2, 0.25) is 0 Å².